The molecule has 0 aliphatic carbocycles. The summed E-state index contributed by atoms with van der Waals surface area (Å²) in [7, 11) is 5.14. The second-order valence-electron chi connectivity index (χ2n) is 4.75. The largest absolute Gasteiger partial charge is 0.493 e. The minimum atomic E-state index is -0.792. The Hall–Kier alpha value is -1.46. The number of carboxylic acids is 1. The van der Waals surface area contributed by atoms with Crippen LogP contribution in [0.3, 0.4) is 0 Å². The van der Waals surface area contributed by atoms with E-state index in [2.05, 4.69) is 4.90 Å². The van der Waals surface area contributed by atoms with Crippen molar-refractivity contribution in [3.8, 4) is 11.5 Å². The summed E-state index contributed by atoms with van der Waals surface area (Å²) < 4.78 is 10.6. The Morgan fingerprint density at radius 1 is 1.35 bits per heavy atom. The van der Waals surface area contributed by atoms with Crippen molar-refractivity contribution in [2.24, 2.45) is 0 Å². The lowest BCUT2D eigenvalue weighted by molar-refractivity contribution is -0.138. The third-order valence-corrected chi connectivity index (χ3v) is 3.64. The molecule has 0 amide bonds. The van der Waals surface area contributed by atoms with Crippen LogP contribution < -0.4 is 9.47 Å². The summed E-state index contributed by atoms with van der Waals surface area (Å²) in [5.74, 6) is 0.548. The highest BCUT2D eigenvalue weighted by Gasteiger charge is 2.28. The van der Waals surface area contributed by atoms with Crippen LogP contribution in [0.25, 0.3) is 0 Å². The number of hydrogen-bond donors (Lipinski definition) is 1. The van der Waals surface area contributed by atoms with Crippen molar-refractivity contribution in [3.05, 3.63) is 23.3 Å². The molecule has 0 bridgehead atoms. The maximum Gasteiger partial charge on any atom is 0.305 e. The molecule has 0 saturated carbocycles. The predicted molar refractivity (Wildman–Crippen MR) is 78.1 cm³/mol. The van der Waals surface area contributed by atoms with E-state index in [4.69, 9.17) is 14.6 Å². The maximum absolute atomic E-state index is 11.0. The summed E-state index contributed by atoms with van der Waals surface area (Å²) in [5, 5.41) is 9.05. The van der Waals surface area contributed by atoms with Crippen LogP contribution >= 0.6 is 12.4 Å². The van der Waals surface area contributed by atoms with Gasteiger partial charge in [-0.1, -0.05) is 0 Å². The maximum atomic E-state index is 11.0. The quantitative estimate of drug-likeness (QED) is 0.923. The molecule has 0 saturated heterocycles. The zero-order chi connectivity index (χ0) is 14.0. The lowest BCUT2D eigenvalue weighted by Crippen LogP contribution is -2.33. The van der Waals surface area contributed by atoms with Crippen molar-refractivity contribution in [2.45, 2.75) is 18.9 Å². The molecule has 1 atom stereocenters. The number of aliphatic carboxylic acids is 1. The van der Waals surface area contributed by atoms with Crippen LogP contribution in [-0.4, -0.2) is 43.8 Å². The van der Waals surface area contributed by atoms with Crippen molar-refractivity contribution in [1.29, 1.82) is 0 Å². The first-order valence-corrected chi connectivity index (χ1v) is 6.23. The highest BCUT2D eigenvalue weighted by Crippen LogP contribution is 2.38. The Bertz CT molecular complexity index is 492. The van der Waals surface area contributed by atoms with Gasteiger partial charge >= 0.3 is 5.97 Å². The van der Waals surface area contributed by atoms with Gasteiger partial charge in [0.15, 0.2) is 11.5 Å². The van der Waals surface area contributed by atoms with Crippen LogP contribution in [-0.2, 0) is 11.2 Å². The van der Waals surface area contributed by atoms with E-state index in [9.17, 15) is 4.79 Å². The molecule has 0 fully saturated rings. The second kappa shape index (κ2) is 6.81. The summed E-state index contributed by atoms with van der Waals surface area (Å²) in [4.78, 5) is 13.1. The summed E-state index contributed by atoms with van der Waals surface area (Å²) >= 11 is 0. The summed E-state index contributed by atoms with van der Waals surface area (Å²) in [6.07, 6.45) is 0.987. The molecule has 112 valence electrons. The van der Waals surface area contributed by atoms with E-state index in [0.29, 0.717) is 11.5 Å². The van der Waals surface area contributed by atoms with Crippen molar-refractivity contribution in [1.82, 2.24) is 4.90 Å². The van der Waals surface area contributed by atoms with Crippen LogP contribution in [0.15, 0.2) is 12.1 Å². The highest BCUT2D eigenvalue weighted by atomic mass is 35.5. The van der Waals surface area contributed by atoms with E-state index >= 15 is 0 Å². The Morgan fingerprint density at radius 2 is 1.95 bits per heavy atom. The van der Waals surface area contributed by atoms with Gasteiger partial charge in [-0.25, -0.2) is 0 Å². The number of benzene rings is 1. The van der Waals surface area contributed by atoms with Crippen molar-refractivity contribution in [2.75, 3.05) is 27.8 Å². The Balaban J connectivity index is 0.00000200. The summed E-state index contributed by atoms with van der Waals surface area (Å²) in [5.41, 5.74) is 2.16. The molecule has 1 unspecified atom stereocenters. The molecule has 0 aromatic heterocycles. The smallest absolute Gasteiger partial charge is 0.305 e. The third-order valence-electron chi connectivity index (χ3n) is 3.64. The molecule has 2 rings (SSSR count). The summed E-state index contributed by atoms with van der Waals surface area (Å²) in [6, 6.07) is 3.74. The molecule has 1 heterocycles. The first kappa shape index (κ1) is 16.6. The molecule has 1 aromatic rings. The molecular formula is C14H20ClNO4. The third kappa shape index (κ3) is 3.16. The average molecular weight is 302 g/mol. The van der Waals surface area contributed by atoms with Gasteiger partial charge in [0, 0.05) is 12.6 Å². The number of hydrogen-bond acceptors (Lipinski definition) is 4. The van der Waals surface area contributed by atoms with E-state index in [1.165, 1.54) is 0 Å². The fourth-order valence-corrected chi connectivity index (χ4v) is 2.58. The lowest BCUT2D eigenvalue weighted by atomic mass is 9.90. The molecule has 0 spiro atoms. The molecule has 0 radical (unpaired) electrons. The molecule has 1 N–H and O–H groups in total. The van der Waals surface area contributed by atoms with Gasteiger partial charge in [0.1, 0.15) is 0 Å². The fraction of sp³-hybridized carbons (Fsp3) is 0.500. The van der Waals surface area contributed by atoms with Crippen molar-refractivity contribution in [3.63, 3.8) is 0 Å². The number of nitrogens with zero attached hydrogens (tertiary/aromatic N) is 1. The van der Waals surface area contributed by atoms with Gasteiger partial charge in [-0.3, -0.25) is 9.69 Å². The zero-order valence-corrected chi connectivity index (χ0v) is 12.7. The van der Waals surface area contributed by atoms with Crippen LogP contribution in [0, 0.1) is 0 Å². The number of carboxylic acid groups (broad SMARTS) is 1. The lowest BCUT2D eigenvalue weighted by Gasteiger charge is -2.34. The second-order valence-corrected chi connectivity index (χ2v) is 4.75. The number of halogens is 1. The minimum absolute atomic E-state index is 0. The van der Waals surface area contributed by atoms with Crippen molar-refractivity contribution < 1.29 is 19.4 Å². The fourth-order valence-electron chi connectivity index (χ4n) is 2.58. The van der Waals surface area contributed by atoms with Gasteiger partial charge in [0.25, 0.3) is 0 Å². The average Bonchev–Trinajstić information content (AvgIpc) is 2.40. The van der Waals surface area contributed by atoms with E-state index in [1.807, 2.05) is 19.2 Å². The standard InChI is InChI=1S/C14H19NO4.ClH/c1-15-5-4-9-6-12(18-2)13(19-3)7-10(9)11(15)8-14(16)17;/h6-7,11H,4-5,8H2,1-3H3,(H,16,17);1H. The van der Waals surface area contributed by atoms with Gasteiger partial charge in [0.2, 0.25) is 0 Å². The Labute approximate surface area is 124 Å². The van der Waals surface area contributed by atoms with Crippen LogP contribution in [0.4, 0.5) is 0 Å². The molecule has 1 aromatic carbocycles. The molecule has 5 nitrogen and oxygen atoms in total. The predicted octanol–water partition coefficient (Wildman–Crippen LogP) is 2.13. The minimum Gasteiger partial charge on any atom is -0.493 e. The first-order valence-electron chi connectivity index (χ1n) is 6.23. The van der Waals surface area contributed by atoms with Gasteiger partial charge in [0.05, 0.1) is 20.6 Å². The Kier molecular flexibility index (Phi) is 5.65. The zero-order valence-electron chi connectivity index (χ0n) is 11.9. The SMILES string of the molecule is COc1cc2c(cc1OC)C(CC(=O)O)N(C)CC2.Cl. The molecule has 20 heavy (non-hydrogen) atoms. The first-order chi connectivity index (χ1) is 9.06. The van der Waals surface area contributed by atoms with Crippen LogP contribution in [0.1, 0.15) is 23.6 Å². The van der Waals surface area contributed by atoms with E-state index in [1.54, 1.807) is 14.2 Å². The Morgan fingerprint density at radius 3 is 2.50 bits per heavy atom. The van der Waals surface area contributed by atoms with E-state index in [-0.39, 0.29) is 24.9 Å². The van der Waals surface area contributed by atoms with Crippen LogP contribution in [0.2, 0.25) is 0 Å². The molecule has 6 heteroatoms. The highest BCUT2D eigenvalue weighted by molar-refractivity contribution is 5.85. The van der Waals surface area contributed by atoms with Gasteiger partial charge < -0.3 is 14.6 Å². The molecular weight excluding hydrogens is 282 g/mol. The normalized spacial score (nSPS) is 17.9. The topological polar surface area (TPSA) is 59.0 Å². The van der Waals surface area contributed by atoms with Gasteiger partial charge in [-0.05, 0) is 36.7 Å². The number of carbonyl (C=O) groups is 1. The number of rotatable bonds is 4. The number of methoxy groups -OCH3 is 2. The number of ether oxygens (including phenoxy) is 2. The van der Waals surface area contributed by atoms with Crippen LogP contribution in [0.5, 0.6) is 11.5 Å². The van der Waals surface area contributed by atoms with E-state index < -0.39 is 5.97 Å². The van der Waals surface area contributed by atoms with Crippen molar-refractivity contribution >= 4 is 18.4 Å². The number of fused-ring (bicyclic) bond motifs is 1. The van der Waals surface area contributed by atoms with E-state index in [0.717, 1.165) is 24.1 Å². The number of likely N-dealkylation sites (N-methyl/N-ethyl adjacent to an activating group) is 1. The summed E-state index contributed by atoms with van der Waals surface area (Å²) in [6.45, 7) is 0.848. The van der Waals surface area contributed by atoms with Gasteiger partial charge in [-0.2, -0.15) is 0 Å². The molecule has 1 aliphatic heterocycles. The molecule has 1 aliphatic rings. The monoisotopic (exact) mass is 301 g/mol. The van der Waals surface area contributed by atoms with Gasteiger partial charge in [-0.15, -0.1) is 12.4 Å².